The second-order valence-electron chi connectivity index (χ2n) is 6.12. The van der Waals surface area contributed by atoms with Gasteiger partial charge in [0, 0.05) is 38.0 Å². The van der Waals surface area contributed by atoms with E-state index in [4.69, 9.17) is 5.11 Å². The maximum absolute atomic E-state index is 12.1. The van der Waals surface area contributed by atoms with E-state index in [0.717, 1.165) is 34.5 Å². The predicted molar refractivity (Wildman–Crippen MR) is 102 cm³/mol. The number of rotatable bonds is 6. The number of nitrogens with zero attached hydrogens (tertiary/aromatic N) is 4. The summed E-state index contributed by atoms with van der Waals surface area (Å²) < 4.78 is 1.96. The zero-order valence-corrected chi connectivity index (χ0v) is 15.2. The largest absolute Gasteiger partial charge is 0.395 e. The number of benzene rings is 1. The van der Waals surface area contributed by atoms with E-state index >= 15 is 0 Å². The molecule has 1 amide bonds. The summed E-state index contributed by atoms with van der Waals surface area (Å²) in [5.74, 6) is 0.630. The lowest BCUT2D eigenvalue weighted by atomic mass is 10.0. The molecule has 0 fully saturated rings. The Morgan fingerprint density at radius 2 is 2.12 bits per heavy atom. The van der Waals surface area contributed by atoms with Crippen LogP contribution < -0.4 is 10.2 Å². The Morgan fingerprint density at radius 1 is 1.31 bits per heavy atom. The van der Waals surface area contributed by atoms with Crippen LogP contribution >= 0.6 is 0 Å². The van der Waals surface area contributed by atoms with Gasteiger partial charge in [-0.2, -0.15) is 0 Å². The van der Waals surface area contributed by atoms with Crippen LogP contribution in [0.15, 0.2) is 36.8 Å². The van der Waals surface area contributed by atoms with Crippen LogP contribution in [0, 0.1) is 0 Å². The zero-order valence-electron chi connectivity index (χ0n) is 15.2. The number of nitrogens with one attached hydrogen (secondary N) is 1. The number of aliphatic hydroxyl groups is 1. The number of fused-ring (bicyclic) bond motifs is 1. The van der Waals surface area contributed by atoms with Gasteiger partial charge in [0.2, 0.25) is 0 Å². The molecule has 26 heavy (non-hydrogen) atoms. The van der Waals surface area contributed by atoms with Crippen LogP contribution in [0.5, 0.6) is 0 Å². The molecule has 2 N–H and O–H groups in total. The first-order valence-corrected chi connectivity index (χ1v) is 8.58. The molecule has 3 rings (SSSR count). The Kier molecular flexibility index (Phi) is 5.18. The number of hydrogen-bond acceptors (Lipinski definition) is 5. The first-order chi connectivity index (χ1) is 12.5. The van der Waals surface area contributed by atoms with Crippen LogP contribution in [0.25, 0.3) is 11.0 Å². The lowest BCUT2D eigenvalue weighted by molar-refractivity contribution is 0.0944. The van der Waals surface area contributed by atoms with Gasteiger partial charge >= 0.3 is 0 Å². The molecule has 0 aliphatic carbocycles. The highest BCUT2D eigenvalue weighted by Crippen LogP contribution is 2.28. The summed E-state index contributed by atoms with van der Waals surface area (Å²) >= 11 is 0. The summed E-state index contributed by atoms with van der Waals surface area (Å²) in [6.07, 6.45) is 4.33. The van der Waals surface area contributed by atoms with Crippen molar-refractivity contribution in [1.29, 1.82) is 0 Å². The summed E-state index contributed by atoms with van der Waals surface area (Å²) in [5, 5.41) is 11.5. The molecule has 7 heteroatoms. The molecule has 0 spiro atoms. The van der Waals surface area contributed by atoms with Gasteiger partial charge in [0.25, 0.3) is 5.91 Å². The lowest BCUT2D eigenvalue weighted by Crippen LogP contribution is -2.26. The summed E-state index contributed by atoms with van der Waals surface area (Å²) in [6, 6.07) is 7.62. The van der Waals surface area contributed by atoms with E-state index in [0.29, 0.717) is 5.56 Å². The third kappa shape index (κ3) is 3.39. The number of anilines is 2. The minimum absolute atomic E-state index is 0.0741. The SMILES string of the molecule is CCc1cc(C(=O)NCCO)ccc1N(C)c1cc2c(cn1)ncn2C. The minimum Gasteiger partial charge on any atom is -0.395 e. The third-order valence-electron chi connectivity index (χ3n) is 4.42. The summed E-state index contributed by atoms with van der Waals surface area (Å²) in [7, 11) is 3.92. The van der Waals surface area contributed by atoms with Crippen LogP contribution in [-0.4, -0.2) is 45.7 Å². The molecule has 0 aliphatic heterocycles. The van der Waals surface area contributed by atoms with Gasteiger partial charge in [-0.05, 0) is 30.2 Å². The van der Waals surface area contributed by atoms with Crippen molar-refractivity contribution >= 4 is 28.4 Å². The predicted octanol–water partition coefficient (Wildman–Crippen LogP) is 2.02. The zero-order chi connectivity index (χ0) is 18.7. The molecule has 0 bridgehead atoms. The smallest absolute Gasteiger partial charge is 0.251 e. The molecular weight excluding hydrogens is 330 g/mol. The van der Waals surface area contributed by atoms with E-state index in [1.807, 2.05) is 41.8 Å². The Balaban J connectivity index is 1.93. The second-order valence-corrected chi connectivity index (χ2v) is 6.12. The molecule has 0 aliphatic rings. The number of carbonyl (C=O) groups is 1. The molecule has 0 saturated heterocycles. The van der Waals surface area contributed by atoms with Crippen molar-refractivity contribution < 1.29 is 9.90 Å². The Morgan fingerprint density at radius 3 is 2.85 bits per heavy atom. The Labute approximate surface area is 152 Å². The number of aromatic nitrogens is 3. The van der Waals surface area contributed by atoms with Gasteiger partial charge in [-0.15, -0.1) is 0 Å². The summed E-state index contributed by atoms with van der Waals surface area (Å²) in [4.78, 5) is 22.9. The summed E-state index contributed by atoms with van der Waals surface area (Å²) in [5.41, 5.74) is 4.51. The normalized spacial score (nSPS) is 10.9. The lowest BCUT2D eigenvalue weighted by Gasteiger charge is -2.22. The molecule has 1 aromatic carbocycles. The number of aliphatic hydroxyl groups excluding tert-OH is 1. The standard InChI is InChI=1S/C19H23N5O2/c1-4-13-9-14(19(26)20-7-8-25)5-6-16(13)24(3)18-10-17-15(11-21-18)22-12-23(17)2/h5-6,9-12,25H,4,7-8H2,1-3H3,(H,20,26). The number of imidazole rings is 1. The number of hydrogen-bond donors (Lipinski definition) is 2. The van der Waals surface area contributed by atoms with E-state index in [1.165, 1.54) is 0 Å². The summed E-state index contributed by atoms with van der Waals surface area (Å²) in [6.45, 7) is 2.23. The Hall–Kier alpha value is -2.93. The van der Waals surface area contributed by atoms with Crippen molar-refractivity contribution in [2.24, 2.45) is 7.05 Å². The van der Waals surface area contributed by atoms with Gasteiger partial charge in [-0.1, -0.05) is 6.92 Å². The quantitative estimate of drug-likeness (QED) is 0.708. The number of carbonyl (C=O) groups excluding carboxylic acids is 1. The Bertz CT molecular complexity index is 935. The van der Waals surface area contributed by atoms with E-state index in [9.17, 15) is 4.79 Å². The monoisotopic (exact) mass is 353 g/mol. The van der Waals surface area contributed by atoms with E-state index in [-0.39, 0.29) is 19.1 Å². The molecule has 2 aromatic heterocycles. The van der Waals surface area contributed by atoms with E-state index < -0.39 is 0 Å². The molecule has 2 heterocycles. The number of amides is 1. The van der Waals surface area contributed by atoms with Crippen LogP contribution in [0.2, 0.25) is 0 Å². The van der Waals surface area contributed by atoms with Crippen LogP contribution in [0.1, 0.15) is 22.8 Å². The first kappa shape index (κ1) is 17.9. The van der Waals surface area contributed by atoms with Crippen molar-refractivity contribution in [3.05, 3.63) is 47.9 Å². The molecule has 3 aromatic rings. The molecule has 0 atom stereocenters. The first-order valence-electron chi connectivity index (χ1n) is 8.58. The van der Waals surface area contributed by atoms with Gasteiger partial charge in [-0.25, -0.2) is 9.97 Å². The topological polar surface area (TPSA) is 83.3 Å². The highest BCUT2D eigenvalue weighted by molar-refractivity contribution is 5.95. The van der Waals surface area contributed by atoms with Crippen molar-refractivity contribution in [1.82, 2.24) is 19.9 Å². The average molecular weight is 353 g/mol. The fourth-order valence-corrected chi connectivity index (χ4v) is 2.94. The van der Waals surface area contributed by atoms with Gasteiger partial charge < -0.3 is 19.9 Å². The highest BCUT2D eigenvalue weighted by Gasteiger charge is 2.14. The number of pyridine rings is 1. The van der Waals surface area contributed by atoms with Crippen LogP contribution in [0.4, 0.5) is 11.5 Å². The molecule has 136 valence electrons. The van der Waals surface area contributed by atoms with Crippen molar-refractivity contribution in [2.75, 3.05) is 25.1 Å². The second kappa shape index (κ2) is 7.53. The van der Waals surface area contributed by atoms with Crippen LogP contribution in [-0.2, 0) is 13.5 Å². The number of aryl methyl sites for hydroxylation is 2. The van der Waals surface area contributed by atoms with Gasteiger partial charge in [0.1, 0.15) is 11.3 Å². The van der Waals surface area contributed by atoms with Crippen molar-refractivity contribution in [3.8, 4) is 0 Å². The fraction of sp³-hybridized carbons (Fsp3) is 0.316. The fourth-order valence-electron chi connectivity index (χ4n) is 2.94. The molecule has 0 unspecified atom stereocenters. The minimum atomic E-state index is -0.183. The average Bonchev–Trinajstić information content (AvgIpc) is 3.05. The maximum Gasteiger partial charge on any atom is 0.251 e. The van der Waals surface area contributed by atoms with E-state index in [2.05, 4.69) is 22.2 Å². The van der Waals surface area contributed by atoms with Crippen molar-refractivity contribution in [3.63, 3.8) is 0 Å². The molecule has 0 radical (unpaired) electrons. The van der Waals surface area contributed by atoms with Gasteiger partial charge in [0.05, 0.1) is 24.6 Å². The highest BCUT2D eigenvalue weighted by atomic mass is 16.3. The third-order valence-corrected chi connectivity index (χ3v) is 4.42. The van der Waals surface area contributed by atoms with Crippen molar-refractivity contribution in [2.45, 2.75) is 13.3 Å². The van der Waals surface area contributed by atoms with E-state index in [1.54, 1.807) is 18.6 Å². The molecule has 0 saturated carbocycles. The van der Waals surface area contributed by atoms with Gasteiger partial charge in [0.15, 0.2) is 0 Å². The molecular formula is C19H23N5O2. The van der Waals surface area contributed by atoms with Crippen LogP contribution in [0.3, 0.4) is 0 Å². The maximum atomic E-state index is 12.1. The van der Waals surface area contributed by atoms with Gasteiger partial charge in [-0.3, -0.25) is 4.79 Å². The molecule has 7 nitrogen and oxygen atoms in total.